The molecule has 1 aromatic heterocycles. The van der Waals surface area contributed by atoms with Crippen LogP contribution in [0.2, 0.25) is 0 Å². The topological polar surface area (TPSA) is 41.9 Å². The SMILES string of the molecule is C[C@]12CCC(OCCOCCN3CCCC3)C=C1CC[C@@H]1[C@H]2CC[C@@]2(C)[C@H]1CCC2(O)c1ccsc1. The first kappa shape index (κ1) is 25.6. The summed E-state index contributed by atoms with van der Waals surface area (Å²) in [5, 5.41) is 16.3. The van der Waals surface area contributed by atoms with Crippen LogP contribution in [0.25, 0.3) is 0 Å². The normalized spacial score (nSPS) is 42.6. The van der Waals surface area contributed by atoms with Crippen molar-refractivity contribution in [2.45, 2.75) is 89.8 Å². The first-order chi connectivity index (χ1) is 17.4. The average molecular weight is 514 g/mol. The molecule has 1 N–H and O–H groups in total. The fraction of sp³-hybridized carbons (Fsp3) is 0.806. The standard InChI is InChI=1S/C31H47NO3S/c1-29-11-7-25(35-19-18-34-17-16-32-14-3-4-15-32)21-23(29)5-6-26-27(29)8-12-30(2)28(26)9-13-31(30,33)24-10-20-36-22-24/h10,20-22,25-28,33H,3-9,11-19H2,1-2H3/t25?,26-,27-,28+,29+,30+,31?/m1/s1. The van der Waals surface area contributed by atoms with Crippen LogP contribution < -0.4 is 0 Å². The predicted molar refractivity (Wildman–Crippen MR) is 146 cm³/mol. The molecule has 3 saturated carbocycles. The largest absolute Gasteiger partial charge is 0.385 e. The van der Waals surface area contributed by atoms with E-state index in [-0.39, 0.29) is 11.5 Å². The molecular weight excluding hydrogens is 466 g/mol. The minimum absolute atomic E-state index is 0.0158. The van der Waals surface area contributed by atoms with Crippen molar-refractivity contribution in [3.8, 4) is 0 Å². The Balaban J connectivity index is 1.06. The molecule has 2 unspecified atom stereocenters. The van der Waals surface area contributed by atoms with Crippen molar-refractivity contribution < 1.29 is 14.6 Å². The van der Waals surface area contributed by atoms with Crippen LogP contribution in [0.4, 0.5) is 0 Å². The van der Waals surface area contributed by atoms with E-state index in [0.29, 0.717) is 24.5 Å². The molecule has 1 aromatic rings. The minimum atomic E-state index is -0.637. The summed E-state index contributed by atoms with van der Waals surface area (Å²) in [6.07, 6.45) is 14.9. The van der Waals surface area contributed by atoms with Crippen LogP contribution in [0.3, 0.4) is 0 Å². The van der Waals surface area contributed by atoms with Gasteiger partial charge in [-0.25, -0.2) is 0 Å². The van der Waals surface area contributed by atoms with Crippen LogP contribution >= 0.6 is 11.3 Å². The van der Waals surface area contributed by atoms with Crippen molar-refractivity contribution in [1.29, 1.82) is 0 Å². The Bertz CT molecular complexity index is 926. The average Bonchev–Trinajstić information content (AvgIpc) is 3.64. The highest BCUT2D eigenvalue weighted by molar-refractivity contribution is 7.08. The molecule has 6 rings (SSSR count). The fourth-order valence-electron chi connectivity index (χ4n) is 9.38. The maximum absolute atomic E-state index is 12.0. The Labute approximate surface area is 222 Å². The van der Waals surface area contributed by atoms with Gasteiger partial charge in [-0.2, -0.15) is 11.3 Å². The van der Waals surface area contributed by atoms with E-state index in [1.165, 1.54) is 63.6 Å². The number of hydrogen-bond donors (Lipinski definition) is 1. The zero-order valence-corrected chi connectivity index (χ0v) is 23.4. The Morgan fingerprint density at radius 2 is 1.83 bits per heavy atom. The summed E-state index contributed by atoms with van der Waals surface area (Å²) in [7, 11) is 0. The van der Waals surface area contributed by atoms with E-state index in [1.807, 2.05) is 0 Å². The molecule has 1 aliphatic heterocycles. The molecule has 2 heterocycles. The Kier molecular flexibility index (Phi) is 7.18. The number of fused-ring (bicyclic) bond motifs is 5. The summed E-state index contributed by atoms with van der Waals surface area (Å²) in [5.41, 5.74) is 2.55. The number of allylic oxidation sites excluding steroid dienone is 1. The Hall–Kier alpha value is -0.720. The minimum Gasteiger partial charge on any atom is -0.385 e. The van der Waals surface area contributed by atoms with E-state index in [2.05, 4.69) is 41.6 Å². The molecule has 0 bridgehead atoms. The number of aliphatic hydroxyl groups is 1. The number of ether oxygens (including phenoxy) is 2. The highest BCUT2D eigenvalue weighted by atomic mass is 32.1. The maximum atomic E-state index is 12.0. The van der Waals surface area contributed by atoms with E-state index in [4.69, 9.17) is 9.47 Å². The first-order valence-corrected chi connectivity index (χ1v) is 15.8. The van der Waals surface area contributed by atoms with E-state index >= 15 is 0 Å². The second-order valence-electron chi connectivity index (χ2n) is 13.0. The molecule has 0 radical (unpaired) electrons. The third-order valence-electron chi connectivity index (χ3n) is 11.5. The van der Waals surface area contributed by atoms with Gasteiger partial charge >= 0.3 is 0 Å². The van der Waals surface area contributed by atoms with E-state index in [9.17, 15) is 5.11 Å². The van der Waals surface area contributed by atoms with Crippen molar-refractivity contribution in [3.05, 3.63) is 34.0 Å². The molecule has 4 nitrogen and oxygen atoms in total. The summed E-state index contributed by atoms with van der Waals surface area (Å²) in [5.74, 6) is 2.15. The Morgan fingerprint density at radius 1 is 1.00 bits per heavy atom. The summed E-state index contributed by atoms with van der Waals surface area (Å²) in [4.78, 5) is 2.51. The summed E-state index contributed by atoms with van der Waals surface area (Å²) in [6.45, 7) is 10.8. The molecule has 7 atom stereocenters. The van der Waals surface area contributed by atoms with Crippen LogP contribution in [0.1, 0.15) is 83.6 Å². The summed E-state index contributed by atoms with van der Waals surface area (Å²) in [6, 6.07) is 2.17. The molecule has 4 aliphatic carbocycles. The lowest BCUT2D eigenvalue weighted by Crippen LogP contribution is -2.53. The number of nitrogens with zero attached hydrogens (tertiary/aromatic N) is 1. The van der Waals surface area contributed by atoms with Gasteiger partial charge in [0, 0.05) is 12.0 Å². The zero-order chi connectivity index (χ0) is 24.8. The molecule has 4 fully saturated rings. The lowest BCUT2D eigenvalue weighted by Gasteiger charge is -2.59. The van der Waals surface area contributed by atoms with Gasteiger partial charge in [-0.15, -0.1) is 0 Å². The molecule has 36 heavy (non-hydrogen) atoms. The first-order valence-electron chi connectivity index (χ1n) is 14.8. The zero-order valence-electron chi connectivity index (χ0n) is 22.6. The number of thiophene rings is 1. The van der Waals surface area contributed by atoms with Crippen LogP contribution in [0, 0.1) is 28.6 Å². The third kappa shape index (κ3) is 4.25. The van der Waals surface area contributed by atoms with Crippen LogP contribution in [0.5, 0.6) is 0 Å². The predicted octanol–water partition coefficient (Wildman–Crippen LogP) is 6.40. The van der Waals surface area contributed by atoms with Crippen molar-refractivity contribution >= 4 is 11.3 Å². The van der Waals surface area contributed by atoms with Gasteiger partial charge in [0.1, 0.15) is 0 Å². The quantitative estimate of drug-likeness (QED) is 0.323. The molecule has 200 valence electrons. The maximum Gasteiger partial charge on any atom is 0.0960 e. The highest BCUT2D eigenvalue weighted by Crippen LogP contribution is 2.69. The number of likely N-dealkylation sites (tertiary alicyclic amines) is 1. The van der Waals surface area contributed by atoms with Gasteiger partial charge in [0.25, 0.3) is 0 Å². The van der Waals surface area contributed by atoms with Crippen molar-refractivity contribution in [2.24, 2.45) is 28.6 Å². The summed E-state index contributed by atoms with van der Waals surface area (Å²) >= 11 is 1.73. The molecule has 0 aromatic carbocycles. The molecule has 5 heteroatoms. The molecule has 5 aliphatic rings. The molecule has 1 saturated heterocycles. The number of rotatable bonds is 8. The monoisotopic (exact) mass is 513 g/mol. The van der Waals surface area contributed by atoms with Gasteiger partial charge in [-0.3, -0.25) is 0 Å². The van der Waals surface area contributed by atoms with Crippen molar-refractivity contribution in [1.82, 2.24) is 4.90 Å². The van der Waals surface area contributed by atoms with Crippen molar-refractivity contribution in [3.63, 3.8) is 0 Å². The molecular formula is C31H47NO3S. The molecule has 0 amide bonds. The highest BCUT2D eigenvalue weighted by Gasteiger charge is 2.64. The van der Waals surface area contributed by atoms with Gasteiger partial charge in [-0.1, -0.05) is 25.5 Å². The second kappa shape index (κ2) is 10.1. The Morgan fingerprint density at radius 3 is 2.64 bits per heavy atom. The lowest BCUT2D eigenvalue weighted by molar-refractivity contribution is -0.133. The van der Waals surface area contributed by atoms with E-state index < -0.39 is 5.60 Å². The van der Waals surface area contributed by atoms with Gasteiger partial charge < -0.3 is 19.5 Å². The molecule has 0 spiro atoms. The summed E-state index contributed by atoms with van der Waals surface area (Å²) < 4.78 is 12.2. The second-order valence-corrected chi connectivity index (χ2v) is 13.8. The van der Waals surface area contributed by atoms with Gasteiger partial charge in [0.15, 0.2) is 0 Å². The van der Waals surface area contributed by atoms with E-state index in [0.717, 1.165) is 44.2 Å². The van der Waals surface area contributed by atoms with Crippen molar-refractivity contribution in [2.75, 3.05) is 39.5 Å². The van der Waals surface area contributed by atoms with Crippen LogP contribution in [-0.2, 0) is 15.1 Å². The van der Waals surface area contributed by atoms with Gasteiger partial charge in [0.2, 0.25) is 0 Å². The fourth-order valence-corrected chi connectivity index (χ4v) is 10.1. The van der Waals surface area contributed by atoms with Crippen LogP contribution in [-0.4, -0.2) is 55.6 Å². The lowest BCUT2D eigenvalue weighted by atomic mass is 9.46. The third-order valence-corrected chi connectivity index (χ3v) is 12.2. The van der Waals surface area contributed by atoms with Crippen LogP contribution in [0.15, 0.2) is 28.5 Å². The van der Waals surface area contributed by atoms with E-state index in [1.54, 1.807) is 16.9 Å². The van der Waals surface area contributed by atoms with Gasteiger partial charge in [-0.05, 0) is 123 Å². The smallest absolute Gasteiger partial charge is 0.0960 e. The number of hydrogen-bond acceptors (Lipinski definition) is 5. The van der Waals surface area contributed by atoms with Gasteiger partial charge in [0.05, 0.1) is 31.5 Å².